The second-order valence-electron chi connectivity index (χ2n) is 9.19. The molecule has 0 spiro atoms. The van der Waals surface area contributed by atoms with E-state index in [1.54, 1.807) is 20.3 Å². The van der Waals surface area contributed by atoms with E-state index in [0.29, 0.717) is 5.75 Å². The van der Waals surface area contributed by atoms with Crippen LogP contribution in [0.3, 0.4) is 0 Å². The molecule has 4 nitrogen and oxygen atoms in total. The van der Waals surface area contributed by atoms with Crippen LogP contribution < -0.4 is 20.5 Å². The van der Waals surface area contributed by atoms with E-state index in [4.69, 9.17) is 15.2 Å². The van der Waals surface area contributed by atoms with Gasteiger partial charge in [0.25, 0.3) is 0 Å². The maximum Gasteiger partial charge on any atom is 0.129 e. The van der Waals surface area contributed by atoms with Gasteiger partial charge in [0.1, 0.15) is 17.3 Å². The van der Waals surface area contributed by atoms with Gasteiger partial charge in [-0.3, -0.25) is 0 Å². The van der Waals surface area contributed by atoms with Crippen molar-refractivity contribution in [2.24, 2.45) is 5.73 Å². The van der Waals surface area contributed by atoms with Crippen molar-refractivity contribution in [3.8, 4) is 22.6 Å². The fourth-order valence-electron chi connectivity index (χ4n) is 4.84. The molecule has 3 N–H and O–H groups in total. The number of nitrogens with one attached hydrogen (secondary N) is 1. The molecule has 0 radical (unpaired) electrons. The van der Waals surface area contributed by atoms with Crippen molar-refractivity contribution in [3.63, 3.8) is 0 Å². The maximum atomic E-state index is 14.0. The normalized spacial score (nSPS) is 15.2. The number of anilines is 1. The zero-order valence-electron chi connectivity index (χ0n) is 20.0. The summed E-state index contributed by atoms with van der Waals surface area (Å²) >= 11 is 0. The molecule has 0 amide bonds. The molecular formula is C28H31FN2O2. The number of halogens is 1. The second kappa shape index (κ2) is 8.56. The van der Waals surface area contributed by atoms with Crippen LogP contribution in [0.2, 0.25) is 0 Å². The first-order valence-corrected chi connectivity index (χ1v) is 11.0. The molecule has 0 fully saturated rings. The van der Waals surface area contributed by atoms with Crippen LogP contribution in [-0.2, 0) is 0 Å². The van der Waals surface area contributed by atoms with Gasteiger partial charge in [0.15, 0.2) is 0 Å². The molecule has 1 heterocycles. The fraction of sp³-hybridized carbons (Fsp3) is 0.286. The summed E-state index contributed by atoms with van der Waals surface area (Å²) in [5.41, 5.74) is 14.7. The number of fused-ring (bicyclic) bond motifs is 1. The molecule has 0 aromatic heterocycles. The number of allylic oxidation sites excluding steroid dienone is 1. The zero-order chi connectivity index (χ0) is 23.9. The molecule has 1 aliphatic heterocycles. The highest BCUT2D eigenvalue weighted by atomic mass is 19.1. The van der Waals surface area contributed by atoms with Crippen molar-refractivity contribution < 1.29 is 13.9 Å². The molecule has 33 heavy (non-hydrogen) atoms. The lowest BCUT2D eigenvalue weighted by Crippen LogP contribution is -2.32. The number of methoxy groups -OCH3 is 2. The molecule has 1 unspecified atom stereocenters. The number of ether oxygens (including phenoxy) is 2. The van der Waals surface area contributed by atoms with Crippen LogP contribution in [0.1, 0.15) is 49.1 Å². The Morgan fingerprint density at radius 1 is 0.909 bits per heavy atom. The third kappa shape index (κ3) is 4.21. The molecule has 0 aliphatic carbocycles. The third-order valence-electron chi connectivity index (χ3n) is 6.16. The van der Waals surface area contributed by atoms with Crippen molar-refractivity contribution in [2.75, 3.05) is 19.5 Å². The summed E-state index contributed by atoms with van der Waals surface area (Å²) in [5, 5.41) is 3.62. The SMILES string of the molecule is COc1cc(F)ccc1-c1ccc2c(c1C(N)c1cc(C)ccc1OC)C(C)=CC(C)(C)N2. The van der Waals surface area contributed by atoms with Crippen molar-refractivity contribution >= 4 is 11.3 Å². The molecule has 3 aromatic carbocycles. The highest BCUT2D eigenvalue weighted by Crippen LogP contribution is 2.46. The fourth-order valence-corrected chi connectivity index (χ4v) is 4.84. The Morgan fingerprint density at radius 3 is 2.30 bits per heavy atom. The minimum absolute atomic E-state index is 0.186. The molecule has 172 valence electrons. The summed E-state index contributed by atoms with van der Waals surface area (Å²) in [6.45, 7) is 8.42. The van der Waals surface area contributed by atoms with Crippen molar-refractivity contribution in [1.29, 1.82) is 0 Å². The van der Waals surface area contributed by atoms with Gasteiger partial charge in [0.05, 0.1) is 25.8 Å². The van der Waals surface area contributed by atoms with Crippen molar-refractivity contribution in [2.45, 2.75) is 39.3 Å². The van der Waals surface area contributed by atoms with Crippen LogP contribution >= 0.6 is 0 Å². The molecule has 0 saturated carbocycles. The van der Waals surface area contributed by atoms with Crippen LogP contribution in [0, 0.1) is 12.7 Å². The molecule has 5 heteroatoms. The minimum atomic E-state index is -0.481. The summed E-state index contributed by atoms with van der Waals surface area (Å²) < 4.78 is 25.2. The van der Waals surface area contributed by atoms with Gasteiger partial charge in [0.2, 0.25) is 0 Å². The predicted octanol–water partition coefficient (Wildman–Crippen LogP) is 6.47. The van der Waals surface area contributed by atoms with Crippen molar-refractivity contribution in [3.05, 3.63) is 82.7 Å². The van der Waals surface area contributed by atoms with Gasteiger partial charge in [-0.15, -0.1) is 0 Å². The van der Waals surface area contributed by atoms with Gasteiger partial charge in [-0.05, 0) is 68.7 Å². The lowest BCUT2D eigenvalue weighted by Gasteiger charge is -2.35. The van der Waals surface area contributed by atoms with Gasteiger partial charge >= 0.3 is 0 Å². The van der Waals surface area contributed by atoms with E-state index in [-0.39, 0.29) is 11.4 Å². The van der Waals surface area contributed by atoms with Crippen LogP contribution in [0.5, 0.6) is 11.5 Å². The molecule has 4 rings (SSSR count). The predicted molar refractivity (Wildman–Crippen MR) is 134 cm³/mol. The number of hydrogen-bond donors (Lipinski definition) is 2. The quantitative estimate of drug-likeness (QED) is 0.471. The van der Waals surface area contributed by atoms with E-state index < -0.39 is 6.04 Å². The largest absolute Gasteiger partial charge is 0.496 e. The Labute approximate surface area is 195 Å². The monoisotopic (exact) mass is 446 g/mol. The Bertz CT molecular complexity index is 1250. The lowest BCUT2D eigenvalue weighted by atomic mass is 9.80. The van der Waals surface area contributed by atoms with E-state index >= 15 is 0 Å². The van der Waals surface area contributed by atoms with E-state index in [0.717, 1.165) is 50.4 Å². The lowest BCUT2D eigenvalue weighted by molar-refractivity contribution is 0.407. The van der Waals surface area contributed by atoms with Crippen LogP contribution in [0.15, 0.2) is 54.6 Å². The Balaban J connectivity index is 2.05. The highest BCUT2D eigenvalue weighted by Gasteiger charge is 2.30. The van der Waals surface area contributed by atoms with Gasteiger partial charge in [-0.1, -0.05) is 29.8 Å². The third-order valence-corrected chi connectivity index (χ3v) is 6.16. The van der Waals surface area contributed by atoms with Gasteiger partial charge in [0, 0.05) is 28.4 Å². The first-order valence-electron chi connectivity index (χ1n) is 11.0. The van der Waals surface area contributed by atoms with E-state index in [1.807, 2.05) is 25.1 Å². The molecule has 3 aromatic rings. The molecule has 0 bridgehead atoms. The average Bonchev–Trinajstić information content (AvgIpc) is 2.77. The van der Waals surface area contributed by atoms with Crippen LogP contribution in [-0.4, -0.2) is 19.8 Å². The Kier molecular flexibility index (Phi) is 5.93. The van der Waals surface area contributed by atoms with E-state index in [9.17, 15) is 4.39 Å². The number of benzene rings is 3. The Hall–Kier alpha value is -3.31. The zero-order valence-corrected chi connectivity index (χ0v) is 20.0. The minimum Gasteiger partial charge on any atom is -0.496 e. The van der Waals surface area contributed by atoms with E-state index in [1.165, 1.54) is 12.1 Å². The summed E-state index contributed by atoms with van der Waals surface area (Å²) in [6.07, 6.45) is 2.21. The maximum absolute atomic E-state index is 14.0. The summed E-state index contributed by atoms with van der Waals surface area (Å²) in [4.78, 5) is 0. The number of rotatable bonds is 5. The molecule has 1 atom stereocenters. The Morgan fingerprint density at radius 2 is 1.61 bits per heavy atom. The highest BCUT2D eigenvalue weighted by molar-refractivity contribution is 5.89. The first kappa shape index (κ1) is 22.9. The summed E-state index contributed by atoms with van der Waals surface area (Å²) in [7, 11) is 3.20. The van der Waals surface area contributed by atoms with Gasteiger partial charge < -0.3 is 20.5 Å². The summed E-state index contributed by atoms with van der Waals surface area (Å²) in [5.74, 6) is 0.845. The standard InChI is InChI=1S/C28H31FN2O2/c1-16-7-12-23(32-5)21(13-16)27(30)26-20(19-9-8-18(29)14-24(19)33-6)10-11-22-25(26)17(2)15-28(3,4)31-22/h7-15,27,31H,30H2,1-6H3. The summed E-state index contributed by atoms with van der Waals surface area (Å²) in [6, 6.07) is 14.2. The average molecular weight is 447 g/mol. The van der Waals surface area contributed by atoms with Gasteiger partial charge in [-0.2, -0.15) is 0 Å². The molecular weight excluding hydrogens is 415 g/mol. The van der Waals surface area contributed by atoms with Gasteiger partial charge in [-0.25, -0.2) is 4.39 Å². The topological polar surface area (TPSA) is 56.5 Å². The molecule has 0 saturated heterocycles. The number of nitrogens with two attached hydrogens (primary N) is 1. The second-order valence-corrected chi connectivity index (χ2v) is 9.19. The number of aryl methyl sites for hydroxylation is 1. The van der Waals surface area contributed by atoms with E-state index in [2.05, 4.69) is 44.3 Å². The van der Waals surface area contributed by atoms with Crippen molar-refractivity contribution in [1.82, 2.24) is 0 Å². The molecule has 1 aliphatic rings. The number of hydrogen-bond acceptors (Lipinski definition) is 4. The smallest absolute Gasteiger partial charge is 0.129 e. The first-order chi connectivity index (χ1) is 15.6. The van der Waals surface area contributed by atoms with Crippen LogP contribution in [0.25, 0.3) is 16.7 Å². The van der Waals surface area contributed by atoms with Crippen LogP contribution in [0.4, 0.5) is 10.1 Å².